The Kier molecular flexibility index (Phi) is 0.258. The van der Waals surface area contributed by atoms with Gasteiger partial charge in [-0.2, -0.15) is 0 Å². The van der Waals surface area contributed by atoms with Gasteiger partial charge in [0.05, 0.1) is 0 Å². The Morgan fingerprint density at radius 1 is 0.778 bits per heavy atom. The minimum atomic E-state index is -2.86. The van der Waals surface area contributed by atoms with Crippen molar-refractivity contribution < 1.29 is 6.51 Å². The van der Waals surface area contributed by atoms with E-state index in [2.05, 4.69) is 9.24 Å². The summed E-state index contributed by atoms with van der Waals surface area (Å²) in [7, 11) is 3.69. The number of hydrogen-bond acceptors (Lipinski definition) is 0. The molecule has 10 aliphatic heterocycles. The minimum absolute atomic E-state index is 1.06. The van der Waals surface area contributed by atoms with Gasteiger partial charge in [0, 0.05) is 0 Å². The van der Waals surface area contributed by atoms with Crippen LogP contribution in [0.1, 0.15) is 32.1 Å². The van der Waals surface area contributed by atoms with Crippen LogP contribution in [0, 0.1) is 5.92 Å². The molecule has 1 spiro atoms. The number of fused-ring (bicyclic) bond motifs is 10. The zero-order valence-electron chi connectivity index (χ0n) is 10.7. The van der Waals surface area contributed by atoms with E-state index in [9.17, 15) is 0 Å². The molecule has 98 valence electrons. The molecule has 0 aromatic carbocycles. The van der Waals surface area contributed by atoms with Crippen LogP contribution < -0.4 is 0 Å². The molecular weight excluding hydrogens is 279 g/mol. The molecule has 10 heterocycles. The second-order valence-corrected chi connectivity index (χ2v) is 37.0. The van der Waals surface area contributed by atoms with Crippen molar-refractivity contribution in [1.29, 1.82) is 0 Å². The molecule has 11 aliphatic rings. The van der Waals surface area contributed by atoms with Crippen LogP contribution in [-0.2, 0) is 6.51 Å². The average Bonchev–Trinajstić information content (AvgIpc) is 3.34. The van der Waals surface area contributed by atoms with Gasteiger partial charge in [-0.05, 0) is 0 Å². The summed E-state index contributed by atoms with van der Waals surface area (Å²) in [4.78, 5) is 12.1. The molecule has 10 saturated heterocycles. The van der Waals surface area contributed by atoms with Crippen LogP contribution >= 0.6 is 9.24 Å². The second-order valence-electron chi connectivity index (χ2n) is 12.2. The molecule has 1 aliphatic carbocycles. The SMILES string of the molecule is P[C]12[CH]3[CH]4[CH]5[C]1(C1CCCCC1)[Fe]43521678[CH]2[CH]1[CH]6[CH]7[CH]28. The van der Waals surface area contributed by atoms with E-state index < -0.39 is 6.51 Å². The fraction of sp³-hybridized carbons (Fsp3) is 1.00. The molecule has 1 saturated carbocycles. The monoisotopic (exact) mass is 300 g/mol. The fourth-order valence-electron chi connectivity index (χ4n) is 19.6. The third-order valence-electron chi connectivity index (χ3n) is 17.3. The topological polar surface area (TPSA) is 0 Å². The Labute approximate surface area is 101 Å². The summed E-state index contributed by atoms with van der Waals surface area (Å²) < 4.78 is 2.23. The maximum absolute atomic E-state index is 3.69. The third-order valence-corrected chi connectivity index (χ3v) is 66.2. The first-order valence-electron chi connectivity index (χ1n) is 8.54. The molecule has 6 unspecified atom stereocenters. The normalized spacial score (nSPS) is 124. The molecule has 6 atom stereocenters. The van der Waals surface area contributed by atoms with Crippen LogP contribution in [0.4, 0.5) is 0 Å². The van der Waals surface area contributed by atoms with E-state index in [1.807, 2.05) is 0 Å². The zero-order chi connectivity index (χ0) is 11.0. The number of rotatable bonds is 1. The Morgan fingerprint density at radius 2 is 1.39 bits per heavy atom. The Hall–Kier alpha value is 0.949. The molecule has 0 aromatic heterocycles. The van der Waals surface area contributed by atoms with E-state index in [4.69, 9.17) is 0 Å². The molecule has 0 bridgehead atoms. The van der Waals surface area contributed by atoms with E-state index in [0.717, 1.165) is 8.37 Å². The number of hydrogen-bond donors (Lipinski definition) is 0. The molecule has 11 rings (SSSR count). The van der Waals surface area contributed by atoms with Gasteiger partial charge in [0.1, 0.15) is 0 Å². The first kappa shape index (κ1) is 7.28. The van der Waals surface area contributed by atoms with E-state index >= 15 is 0 Å². The predicted molar refractivity (Wildman–Crippen MR) is 71.7 cm³/mol. The summed E-state index contributed by atoms with van der Waals surface area (Å²) >= 11 is 0. The van der Waals surface area contributed by atoms with Crippen molar-refractivity contribution in [1.82, 2.24) is 0 Å². The molecule has 2 heteroatoms. The standard InChI is InChI=1S/C11H16P.C5H5.Fe/c12-11-8-4-7-10(11)9-5-2-1-3-6-9;1-2-4-5-3-1;/h4,7-9H,1-3,5-6,12H2;1-5H;. The van der Waals surface area contributed by atoms with Gasteiger partial charge in [-0.1, -0.05) is 0 Å². The second kappa shape index (κ2) is 0.637. The van der Waals surface area contributed by atoms with Crippen LogP contribution in [0.15, 0.2) is 0 Å². The van der Waals surface area contributed by atoms with Gasteiger partial charge in [-0.3, -0.25) is 0 Å². The van der Waals surface area contributed by atoms with Crippen molar-refractivity contribution in [2.45, 2.75) is 79.0 Å². The summed E-state index contributed by atoms with van der Waals surface area (Å²) in [6.45, 7) is -2.86. The summed E-state index contributed by atoms with van der Waals surface area (Å²) in [5.41, 5.74) is 0. The van der Waals surface area contributed by atoms with Crippen LogP contribution in [0.5, 0.6) is 0 Å². The van der Waals surface area contributed by atoms with Crippen molar-refractivity contribution >= 4 is 9.24 Å². The third kappa shape index (κ3) is 0.0737. The van der Waals surface area contributed by atoms with Crippen molar-refractivity contribution in [2.75, 3.05) is 0 Å². The predicted octanol–water partition coefficient (Wildman–Crippen LogP) is 5.11. The molecule has 0 amide bonds. The first-order valence-corrected chi connectivity index (χ1v) is 15.3. The quantitative estimate of drug-likeness (QED) is 0.466. The molecule has 0 radical (unpaired) electrons. The first-order chi connectivity index (χ1) is 8.54. The summed E-state index contributed by atoms with van der Waals surface area (Å²) in [5, 5.41) is 0. The molecule has 0 N–H and O–H groups in total. The van der Waals surface area contributed by atoms with Crippen molar-refractivity contribution in [3.05, 3.63) is 0 Å². The van der Waals surface area contributed by atoms with Crippen molar-refractivity contribution in [2.24, 2.45) is 5.92 Å². The van der Waals surface area contributed by atoms with Gasteiger partial charge < -0.3 is 0 Å². The molecule has 0 nitrogen and oxygen atoms in total. The average molecular weight is 300 g/mol. The van der Waals surface area contributed by atoms with E-state index in [1.165, 1.54) is 44.4 Å². The van der Waals surface area contributed by atoms with Gasteiger partial charge in [0.25, 0.3) is 0 Å². The summed E-state index contributed by atoms with van der Waals surface area (Å²) in [5.74, 6) is 1.28. The van der Waals surface area contributed by atoms with Crippen molar-refractivity contribution in [3.63, 3.8) is 0 Å². The molecule has 0 aromatic rings. The van der Waals surface area contributed by atoms with Crippen LogP contribution in [-0.4, -0.2) is 4.05 Å². The summed E-state index contributed by atoms with van der Waals surface area (Å²) in [6, 6.07) is 0. The Balaban J connectivity index is 1.51. The van der Waals surface area contributed by atoms with E-state index in [0.29, 0.717) is 0 Å². The maximum atomic E-state index is 3.69. The zero-order valence-corrected chi connectivity index (χ0v) is 12.9. The van der Waals surface area contributed by atoms with Gasteiger partial charge in [-0.15, -0.1) is 0 Å². The van der Waals surface area contributed by atoms with Gasteiger partial charge in [0.2, 0.25) is 0 Å². The Morgan fingerprint density at radius 3 is 1.72 bits per heavy atom. The van der Waals surface area contributed by atoms with E-state index in [-0.39, 0.29) is 0 Å². The fourth-order valence-corrected chi connectivity index (χ4v) is 106. The van der Waals surface area contributed by atoms with Crippen LogP contribution in [0.3, 0.4) is 0 Å². The van der Waals surface area contributed by atoms with Crippen molar-refractivity contribution in [3.8, 4) is 0 Å². The van der Waals surface area contributed by atoms with Gasteiger partial charge >= 0.3 is 101 Å². The van der Waals surface area contributed by atoms with Gasteiger partial charge in [-0.25, -0.2) is 0 Å². The Bertz CT molecular complexity index is 992. The van der Waals surface area contributed by atoms with E-state index in [1.54, 1.807) is 32.1 Å². The summed E-state index contributed by atoms with van der Waals surface area (Å²) in [6.07, 6.45) is 8.16. The molecule has 11 fully saturated rings. The van der Waals surface area contributed by atoms with Crippen LogP contribution in [0.25, 0.3) is 0 Å². The molecular formula is C16H21FeP. The van der Waals surface area contributed by atoms with Gasteiger partial charge in [0.15, 0.2) is 0 Å². The van der Waals surface area contributed by atoms with Crippen LogP contribution in [0.2, 0.25) is 42.8 Å². The molecule has 18 heavy (non-hydrogen) atoms.